The van der Waals surface area contributed by atoms with Gasteiger partial charge in [0.05, 0.1) is 31.9 Å². The third-order valence-corrected chi connectivity index (χ3v) is 9.07. The van der Waals surface area contributed by atoms with Gasteiger partial charge in [0.2, 0.25) is 0 Å². The number of aromatic nitrogens is 1. The zero-order chi connectivity index (χ0) is 31.5. The molecule has 13 heteroatoms. The van der Waals surface area contributed by atoms with E-state index in [2.05, 4.69) is 27.0 Å². The van der Waals surface area contributed by atoms with E-state index in [-0.39, 0.29) is 29.3 Å². The van der Waals surface area contributed by atoms with Crippen LogP contribution in [0.5, 0.6) is 0 Å². The summed E-state index contributed by atoms with van der Waals surface area (Å²) in [5, 5.41) is 15.2. The number of fused-ring (bicyclic) bond motifs is 1. The molecule has 0 saturated carbocycles. The van der Waals surface area contributed by atoms with Crippen molar-refractivity contribution in [3.8, 4) is 11.8 Å². The van der Waals surface area contributed by atoms with Crippen LogP contribution in [-0.2, 0) is 16.1 Å². The van der Waals surface area contributed by atoms with Crippen LogP contribution in [0.4, 0.5) is 9.18 Å². The fourth-order valence-electron chi connectivity index (χ4n) is 5.74. The summed E-state index contributed by atoms with van der Waals surface area (Å²) in [5.41, 5.74) is 2.97. The van der Waals surface area contributed by atoms with Crippen molar-refractivity contribution in [2.75, 3.05) is 46.4 Å². The molecule has 6 rings (SSSR count). The summed E-state index contributed by atoms with van der Waals surface area (Å²) in [5.74, 6) is 5.60. The summed E-state index contributed by atoms with van der Waals surface area (Å²) in [6.07, 6.45) is 1.67. The molecule has 1 aromatic heterocycles. The number of carbonyl (C=O) groups is 2. The van der Waals surface area contributed by atoms with Gasteiger partial charge in [0, 0.05) is 66.1 Å². The van der Waals surface area contributed by atoms with E-state index >= 15 is 0 Å². The van der Waals surface area contributed by atoms with Gasteiger partial charge in [0.25, 0.3) is 0 Å². The number of amides is 2. The van der Waals surface area contributed by atoms with Crippen LogP contribution < -0.4 is 5.32 Å². The summed E-state index contributed by atoms with van der Waals surface area (Å²) in [6, 6.07) is 10.4. The highest BCUT2D eigenvalue weighted by Crippen LogP contribution is 2.37. The average molecular weight is 649 g/mol. The molecule has 2 saturated heterocycles. The molecule has 3 aromatic rings. The molecular weight excluding hydrogens is 619 g/mol. The third kappa shape index (κ3) is 6.57. The number of piperazine rings is 1. The van der Waals surface area contributed by atoms with E-state index < -0.39 is 17.8 Å². The van der Waals surface area contributed by atoms with Gasteiger partial charge in [-0.25, -0.2) is 19.0 Å². The second-order valence-electron chi connectivity index (χ2n) is 10.8. The van der Waals surface area contributed by atoms with Crippen LogP contribution in [0.15, 0.2) is 70.3 Å². The number of methoxy groups -OCH3 is 1. The van der Waals surface area contributed by atoms with E-state index in [0.29, 0.717) is 61.4 Å². The van der Waals surface area contributed by atoms with Crippen molar-refractivity contribution in [1.82, 2.24) is 25.0 Å². The largest absolute Gasteiger partial charge is 0.466 e. The number of esters is 1. The highest BCUT2D eigenvalue weighted by molar-refractivity contribution is 7.11. The second-order valence-corrected chi connectivity index (χ2v) is 12.1. The Labute approximate surface area is 268 Å². The molecule has 2 atom stereocenters. The van der Waals surface area contributed by atoms with Crippen molar-refractivity contribution in [3.05, 3.63) is 97.8 Å². The van der Waals surface area contributed by atoms with Crippen LogP contribution in [0.2, 0.25) is 5.02 Å². The van der Waals surface area contributed by atoms with Crippen LogP contribution in [0, 0.1) is 17.7 Å². The molecule has 2 N–H and O–H groups in total. The monoisotopic (exact) mass is 648 g/mol. The van der Waals surface area contributed by atoms with Crippen molar-refractivity contribution in [2.45, 2.75) is 18.7 Å². The maximum absolute atomic E-state index is 14.0. The quantitative estimate of drug-likeness (QED) is 0.299. The summed E-state index contributed by atoms with van der Waals surface area (Å²) < 4.78 is 19.1. The lowest BCUT2D eigenvalue weighted by atomic mass is 9.95. The summed E-state index contributed by atoms with van der Waals surface area (Å²) in [7, 11) is 1.31. The number of rotatable bonds is 7. The number of hydrogen-bond acceptors (Lipinski definition) is 9. The van der Waals surface area contributed by atoms with Crippen molar-refractivity contribution in [3.63, 3.8) is 0 Å². The van der Waals surface area contributed by atoms with Gasteiger partial charge >= 0.3 is 12.0 Å². The fraction of sp³-hybridized carbons (Fsp3) is 0.312. The van der Waals surface area contributed by atoms with Gasteiger partial charge in [0.1, 0.15) is 11.9 Å². The van der Waals surface area contributed by atoms with Crippen molar-refractivity contribution in [2.24, 2.45) is 4.99 Å². The second kappa shape index (κ2) is 13.4. The normalized spacial score (nSPS) is 19.9. The van der Waals surface area contributed by atoms with Crippen LogP contribution in [-0.4, -0.2) is 95.0 Å². The van der Waals surface area contributed by atoms with Crippen LogP contribution in [0.25, 0.3) is 0 Å². The lowest BCUT2D eigenvalue weighted by Gasteiger charge is -2.38. The number of amidine groups is 1. The molecule has 232 valence electrons. The molecule has 2 fully saturated rings. The molecule has 3 aliphatic rings. The van der Waals surface area contributed by atoms with E-state index in [9.17, 15) is 19.1 Å². The Morgan fingerprint density at radius 2 is 2.04 bits per heavy atom. The smallest absolute Gasteiger partial charge is 0.338 e. The lowest BCUT2D eigenvalue weighted by Crippen LogP contribution is -2.53. The molecule has 10 nitrogen and oxygen atoms in total. The highest BCUT2D eigenvalue weighted by atomic mass is 35.5. The van der Waals surface area contributed by atoms with Gasteiger partial charge in [-0.15, -0.1) is 11.3 Å². The molecular formula is C32H30ClFN6O4S. The average Bonchev–Trinajstić information content (AvgIpc) is 3.69. The highest BCUT2D eigenvalue weighted by Gasteiger charge is 2.41. The predicted octanol–water partition coefficient (Wildman–Crippen LogP) is 3.42. The molecule has 0 unspecified atom stereocenters. The maximum Gasteiger partial charge on any atom is 0.338 e. The number of benzene rings is 2. The molecule has 2 aromatic carbocycles. The Morgan fingerprint density at radius 3 is 2.76 bits per heavy atom. The van der Waals surface area contributed by atoms with Gasteiger partial charge in [-0.3, -0.25) is 9.89 Å². The van der Waals surface area contributed by atoms with E-state index in [1.165, 1.54) is 36.6 Å². The van der Waals surface area contributed by atoms with E-state index in [4.69, 9.17) is 21.3 Å². The Bertz CT molecular complexity index is 1720. The minimum absolute atomic E-state index is 0.0225. The van der Waals surface area contributed by atoms with Gasteiger partial charge in [0.15, 0.2) is 10.8 Å². The van der Waals surface area contributed by atoms with E-state index in [0.717, 1.165) is 11.1 Å². The van der Waals surface area contributed by atoms with Crippen LogP contribution in [0.1, 0.15) is 27.7 Å². The van der Waals surface area contributed by atoms with Gasteiger partial charge < -0.3 is 25.0 Å². The Hall–Kier alpha value is -4.28. The SMILES string of the molecule is COC(=O)C1=C(CN2CCN3C(=O)N(CC#Cc4ccc(CO)cc4)C[C@@H]3C2)NC(c2nccs2)=N[C@H]1c1ccc(F)cc1Cl. The zero-order valence-electron chi connectivity index (χ0n) is 24.4. The number of carbonyl (C=O) groups excluding carboxylic acids is 2. The Morgan fingerprint density at radius 1 is 1.22 bits per heavy atom. The van der Waals surface area contributed by atoms with Gasteiger partial charge in [-0.05, 0) is 29.8 Å². The van der Waals surface area contributed by atoms with E-state index in [1.54, 1.807) is 11.1 Å². The molecule has 3 aliphatic heterocycles. The zero-order valence-corrected chi connectivity index (χ0v) is 25.9. The molecule has 0 spiro atoms. The standard InChI is InChI=1S/C32H30ClFN6O4S/c1-44-31(42)27-26(36-29(30-35-10-14-45-30)37-28(27)24-9-8-22(34)15-25(24)33)18-38-12-13-40-23(16-38)17-39(32(40)43)11-2-3-20-4-6-21(19-41)7-5-20/h4-10,14-15,23,28,41H,11-13,16-19H2,1H3,(H,36,37)/t23-,28-/m0/s1. The molecule has 4 heterocycles. The topological polar surface area (TPSA) is 111 Å². The van der Waals surface area contributed by atoms with Gasteiger partial charge in [-0.1, -0.05) is 41.6 Å². The number of halogens is 2. The minimum atomic E-state index is -0.844. The van der Waals surface area contributed by atoms with Crippen molar-refractivity contribution < 1.29 is 23.8 Å². The van der Waals surface area contributed by atoms with Gasteiger partial charge in [-0.2, -0.15) is 0 Å². The number of nitrogens with one attached hydrogen (secondary N) is 1. The number of aliphatic hydroxyl groups excluding tert-OH is 1. The Balaban J connectivity index is 1.21. The minimum Gasteiger partial charge on any atom is -0.466 e. The summed E-state index contributed by atoms with van der Waals surface area (Å²) in [6.45, 7) is 2.87. The molecule has 0 bridgehead atoms. The number of thiazole rings is 1. The molecule has 0 aliphatic carbocycles. The summed E-state index contributed by atoms with van der Waals surface area (Å²) in [4.78, 5) is 41.4. The first kappa shape index (κ1) is 30.7. The maximum atomic E-state index is 14.0. The third-order valence-electron chi connectivity index (χ3n) is 7.96. The van der Waals surface area contributed by atoms with E-state index in [1.807, 2.05) is 34.5 Å². The molecule has 0 radical (unpaired) electrons. The first-order valence-electron chi connectivity index (χ1n) is 14.3. The first-order valence-corrected chi connectivity index (χ1v) is 15.6. The first-order chi connectivity index (χ1) is 21.8. The number of hydrogen-bond donors (Lipinski definition) is 2. The number of ether oxygens (including phenoxy) is 1. The van der Waals surface area contributed by atoms with Crippen molar-refractivity contribution >= 4 is 40.8 Å². The number of urea groups is 1. The predicted molar refractivity (Wildman–Crippen MR) is 168 cm³/mol. The van der Waals surface area contributed by atoms with Crippen molar-refractivity contribution in [1.29, 1.82) is 0 Å². The number of nitrogens with zero attached hydrogens (tertiary/aromatic N) is 5. The molecule has 45 heavy (non-hydrogen) atoms. The van der Waals surface area contributed by atoms with Crippen LogP contribution >= 0.6 is 22.9 Å². The summed E-state index contributed by atoms with van der Waals surface area (Å²) >= 11 is 7.87. The Kier molecular flexibility index (Phi) is 9.14. The number of aliphatic hydroxyl groups is 1. The van der Waals surface area contributed by atoms with Crippen LogP contribution in [0.3, 0.4) is 0 Å². The molecule has 2 amide bonds. The fourth-order valence-corrected chi connectivity index (χ4v) is 6.60. The number of aliphatic imine (C=N–C) groups is 1. The lowest BCUT2D eigenvalue weighted by molar-refractivity contribution is -0.136.